The fourth-order valence-electron chi connectivity index (χ4n) is 3.56. The van der Waals surface area contributed by atoms with Crippen LogP contribution in [0.5, 0.6) is 0 Å². The molecule has 0 atom stereocenters. The molecule has 0 radical (unpaired) electrons. The molecule has 0 heterocycles. The highest BCUT2D eigenvalue weighted by Gasteiger charge is 2.08. The monoisotopic (exact) mass is 554 g/mol. The lowest BCUT2D eigenvalue weighted by Gasteiger charge is -2.13. The van der Waals surface area contributed by atoms with Crippen molar-refractivity contribution in [2.45, 2.75) is 107 Å². The Morgan fingerprint density at radius 1 is 0.512 bits per heavy atom. The van der Waals surface area contributed by atoms with Crippen LogP contribution < -0.4 is 0 Å². The molecule has 0 saturated heterocycles. The van der Waals surface area contributed by atoms with Crippen molar-refractivity contribution in [3.8, 4) is 0 Å². The highest BCUT2D eigenvalue weighted by atomic mass is 16.3. The number of hydrogen-bond donors (Lipinski definition) is 1. The van der Waals surface area contributed by atoms with Crippen LogP contribution in [0.3, 0.4) is 0 Å². The molecular formula is C40H58O. The van der Waals surface area contributed by atoms with E-state index in [4.69, 9.17) is 0 Å². The number of hydrogen-bond acceptors (Lipinski definition) is 1. The van der Waals surface area contributed by atoms with Crippen LogP contribution in [0.2, 0.25) is 0 Å². The predicted octanol–water partition coefficient (Wildman–Crippen LogP) is 12.1. The van der Waals surface area contributed by atoms with Gasteiger partial charge in [0.1, 0.15) is 0 Å². The van der Waals surface area contributed by atoms with Crippen LogP contribution >= 0.6 is 0 Å². The van der Waals surface area contributed by atoms with Gasteiger partial charge >= 0.3 is 0 Å². The normalized spacial score (nSPS) is 15.6. The van der Waals surface area contributed by atoms with Crippen LogP contribution in [-0.2, 0) is 0 Å². The van der Waals surface area contributed by atoms with Gasteiger partial charge in [0, 0.05) is 0 Å². The minimum atomic E-state index is -0.660. The summed E-state index contributed by atoms with van der Waals surface area (Å²) in [5, 5.41) is 9.77. The van der Waals surface area contributed by atoms with Gasteiger partial charge in [-0.05, 0) is 101 Å². The van der Waals surface area contributed by atoms with Crippen LogP contribution in [0.25, 0.3) is 0 Å². The van der Waals surface area contributed by atoms with Crippen LogP contribution in [0.15, 0.2) is 142 Å². The van der Waals surface area contributed by atoms with Gasteiger partial charge in [-0.15, -0.1) is 0 Å². The molecule has 41 heavy (non-hydrogen) atoms. The molecule has 0 unspecified atom stereocenters. The third kappa shape index (κ3) is 26.8. The van der Waals surface area contributed by atoms with Gasteiger partial charge in [-0.1, -0.05) is 142 Å². The van der Waals surface area contributed by atoms with E-state index in [9.17, 15) is 5.11 Å². The smallest absolute Gasteiger partial charge is 0.0626 e. The fraction of sp³-hybridized carbons (Fsp3) is 0.400. The molecule has 0 aliphatic heterocycles. The van der Waals surface area contributed by atoms with Crippen LogP contribution in [0, 0.1) is 0 Å². The van der Waals surface area contributed by atoms with Gasteiger partial charge < -0.3 is 5.11 Å². The summed E-state index contributed by atoms with van der Waals surface area (Å²) in [6.45, 7) is 20.8. The summed E-state index contributed by atoms with van der Waals surface area (Å²) in [7, 11) is 0. The molecule has 0 aliphatic carbocycles. The van der Waals surface area contributed by atoms with Crippen molar-refractivity contribution in [2.24, 2.45) is 0 Å². The van der Waals surface area contributed by atoms with Gasteiger partial charge in [-0.3, -0.25) is 0 Å². The summed E-state index contributed by atoms with van der Waals surface area (Å²) in [5.74, 6) is 0. The first-order valence-electron chi connectivity index (χ1n) is 15.0. The zero-order chi connectivity index (χ0) is 31.1. The fourth-order valence-corrected chi connectivity index (χ4v) is 3.56. The summed E-state index contributed by atoms with van der Waals surface area (Å²) in [5.41, 5.74) is 8.41. The van der Waals surface area contributed by atoms with E-state index in [-0.39, 0.29) is 0 Å². The third-order valence-electron chi connectivity index (χ3n) is 6.13. The van der Waals surface area contributed by atoms with Crippen molar-refractivity contribution in [3.63, 3.8) is 0 Å². The van der Waals surface area contributed by atoms with E-state index in [0.717, 1.165) is 31.3 Å². The molecule has 0 saturated carbocycles. The summed E-state index contributed by atoms with van der Waals surface area (Å²) in [4.78, 5) is 0. The quantitative estimate of drug-likeness (QED) is 0.140. The molecule has 0 aliphatic rings. The number of rotatable bonds is 17. The predicted molar refractivity (Wildman–Crippen MR) is 187 cm³/mol. The Bertz CT molecular complexity index is 1130. The first-order valence-corrected chi connectivity index (χ1v) is 15.0. The average Bonchev–Trinajstić information content (AvgIpc) is 2.85. The first-order chi connectivity index (χ1) is 19.3. The van der Waals surface area contributed by atoms with Gasteiger partial charge in [-0.2, -0.15) is 0 Å². The third-order valence-corrected chi connectivity index (χ3v) is 6.13. The standard InChI is InChI=1S/C40H58O/c1-33(2)19-13-22-36(5)25-16-28-37(6)26-14-23-34(3)20-11-12-21-35(4)24-15-27-38(7)29-17-30-39(8)31-18-32-40(9,10)41/h11-12,14-15,17-21,23-27,29-31,41H,13,16,22,28,32H2,1-10H3/b12-11+,23-14+,24-15+,29-17+,31-18+,34-20+,35-21+,36-25+,37-26+,38-27+,39-30+. The van der Waals surface area contributed by atoms with E-state index in [1.54, 1.807) is 0 Å². The summed E-state index contributed by atoms with van der Waals surface area (Å²) >= 11 is 0. The van der Waals surface area contributed by atoms with Crippen molar-refractivity contribution < 1.29 is 5.11 Å². The lowest BCUT2D eigenvalue weighted by Crippen LogP contribution is -2.16. The van der Waals surface area contributed by atoms with E-state index in [2.05, 4.69) is 147 Å². The maximum Gasteiger partial charge on any atom is 0.0626 e. The molecule has 0 spiro atoms. The van der Waals surface area contributed by atoms with Gasteiger partial charge in [0.2, 0.25) is 0 Å². The van der Waals surface area contributed by atoms with Crippen molar-refractivity contribution in [1.82, 2.24) is 0 Å². The highest BCUT2D eigenvalue weighted by molar-refractivity contribution is 5.32. The van der Waals surface area contributed by atoms with Crippen molar-refractivity contribution in [1.29, 1.82) is 0 Å². The Kier molecular flexibility index (Phi) is 20.8. The van der Waals surface area contributed by atoms with E-state index in [0.29, 0.717) is 6.42 Å². The lowest BCUT2D eigenvalue weighted by atomic mass is 10.0. The molecule has 1 heteroatoms. The molecule has 0 aromatic heterocycles. The zero-order valence-corrected chi connectivity index (χ0v) is 27.8. The van der Waals surface area contributed by atoms with Crippen LogP contribution in [-0.4, -0.2) is 10.7 Å². The molecule has 1 nitrogen and oxygen atoms in total. The molecular weight excluding hydrogens is 496 g/mol. The van der Waals surface area contributed by atoms with Crippen molar-refractivity contribution in [3.05, 3.63) is 142 Å². The molecule has 0 aromatic rings. The molecule has 224 valence electrons. The van der Waals surface area contributed by atoms with E-state index < -0.39 is 5.60 Å². The zero-order valence-electron chi connectivity index (χ0n) is 27.8. The van der Waals surface area contributed by atoms with Crippen LogP contribution in [0.4, 0.5) is 0 Å². The van der Waals surface area contributed by atoms with Gasteiger partial charge in [0.25, 0.3) is 0 Å². The van der Waals surface area contributed by atoms with Crippen molar-refractivity contribution >= 4 is 0 Å². The van der Waals surface area contributed by atoms with Gasteiger partial charge in [0.15, 0.2) is 0 Å². The molecule has 0 bridgehead atoms. The molecule has 1 N–H and O–H groups in total. The highest BCUT2D eigenvalue weighted by Crippen LogP contribution is 2.12. The Labute approximate surface area is 253 Å². The Hall–Kier alpha value is -3.16. The maximum absolute atomic E-state index is 9.77. The van der Waals surface area contributed by atoms with E-state index >= 15 is 0 Å². The SMILES string of the molecule is CC(C)=CCC/C(C)=C/CC/C(C)=C/C=C/C(C)=C/C=C/C=C(C)/C=C/C=C(C)/C=C/C=C(C)/C=C/CC(C)(C)O. The molecule has 0 amide bonds. The largest absolute Gasteiger partial charge is 0.390 e. The Morgan fingerprint density at radius 3 is 1.41 bits per heavy atom. The first kappa shape index (κ1) is 37.8. The lowest BCUT2D eigenvalue weighted by molar-refractivity contribution is 0.0839. The van der Waals surface area contributed by atoms with Gasteiger partial charge in [-0.25, -0.2) is 0 Å². The van der Waals surface area contributed by atoms with E-state index in [1.165, 1.54) is 33.4 Å². The van der Waals surface area contributed by atoms with E-state index in [1.807, 2.05) is 26.0 Å². The Morgan fingerprint density at radius 2 is 0.927 bits per heavy atom. The minimum Gasteiger partial charge on any atom is -0.390 e. The number of aliphatic hydroxyl groups is 1. The maximum atomic E-state index is 9.77. The minimum absolute atomic E-state index is 0.647. The Balaban J connectivity index is 4.65. The number of allylic oxidation sites excluding steroid dienone is 23. The molecule has 0 aromatic carbocycles. The second kappa shape index (κ2) is 22.5. The second-order valence-corrected chi connectivity index (χ2v) is 11.9. The van der Waals surface area contributed by atoms with Gasteiger partial charge in [0.05, 0.1) is 5.60 Å². The second-order valence-electron chi connectivity index (χ2n) is 11.9. The summed E-state index contributed by atoms with van der Waals surface area (Å²) in [6.07, 6.45) is 41.4. The van der Waals surface area contributed by atoms with Crippen molar-refractivity contribution in [2.75, 3.05) is 0 Å². The van der Waals surface area contributed by atoms with Crippen LogP contribution in [0.1, 0.15) is 101 Å². The summed E-state index contributed by atoms with van der Waals surface area (Å²) in [6, 6.07) is 0. The summed E-state index contributed by atoms with van der Waals surface area (Å²) < 4.78 is 0. The molecule has 0 fully saturated rings. The topological polar surface area (TPSA) is 20.2 Å². The average molecular weight is 555 g/mol. The molecule has 0 rings (SSSR count).